The van der Waals surface area contributed by atoms with E-state index in [9.17, 15) is 13.2 Å². The van der Waals surface area contributed by atoms with Gasteiger partial charge in [0.25, 0.3) is 0 Å². The Balaban J connectivity index is 1.63. The molecule has 1 fully saturated rings. The summed E-state index contributed by atoms with van der Waals surface area (Å²) in [4.78, 5) is 19.7. The maximum absolute atomic E-state index is 15.8. The fraction of sp³-hybridized carbons (Fsp3) is 0.308. The summed E-state index contributed by atoms with van der Waals surface area (Å²) in [6, 6.07) is 7.85. The van der Waals surface area contributed by atoms with E-state index in [2.05, 4.69) is 19.6 Å². The Labute approximate surface area is 231 Å². The molecule has 5 rings (SSSR count). The highest BCUT2D eigenvalue weighted by Crippen LogP contribution is 2.40. The van der Waals surface area contributed by atoms with Crippen LogP contribution in [0.5, 0.6) is 5.75 Å². The van der Waals surface area contributed by atoms with Gasteiger partial charge in [0.1, 0.15) is 23.6 Å². The van der Waals surface area contributed by atoms with E-state index in [1.807, 2.05) is 0 Å². The molecule has 3 heterocycles. The van der Waals surface area contributed by atoms with Crippen LogP contribution in [0, 0.1) is 5.82 Å². The molecule has 0 saturated carbocycles. The molecule has 2 aromatic heterocycles. The van der Waals surface area contributed by atoms with Crippen LogP contribution >= 0.6 is 0 Å². The molecule has 2 atom stereocenters. The van der Waals surface area contributed by atoms with Crippen molar-refractivity contribution in [2.24, 2.45) is 0 Å². The van der Waals surface area contributed by atoms with E-state index in [1.54, 1.807) is 18.2 Å². The number of nitrogens with one attached hydrogen (secondary N) is 1. The van der Waals surface area contributed by atoms with Crippen LogP contribution in [0.2, 0.25) is 0 Å². The molecule has 0 bridgehead atoms. The van der Waals surface area contributed by atoms with Gasteiger partial charge in [-0.15, -0.1) is 0 Å². The Morgan fingerprint density at radius 1 is 1.20 bits per heavy atom. The highest BCUT2D eigenvalue weighted by molar-refractivity contribution is 7.77. The summed E-state index contributed by atoms with van der Waals surface area (Å²) in [5.41, 5.74) is 7.09. The molecule has 4 aromatic rings. The second-order valence-corrected chi connectivity index (χ2v) is 9.72. The number of ether oxygens (including phenoxy) is 2. The topological polar surface area (TPSA) is 151 Å². The van der Waals surface area contributed by atoms with Gasteiger partial charge in [-0.05, 0) is 12.5 Å². The van der Waals surface area contributed by atoms with Gasteiger partial charge in [0.15, 0.2) is 5.82 Å². The van der Waals surface area contributed by atoms with Gasteiger partial charge in [0, 0.05) is 71.4 Å². The van der Waals surface area contributed by atoms with Gasteiger partial charge in [0.2, 0.25) is 5.95 Å². The highest BCUT2D eigenvalue weighted by Gasteiger charge is 2.23. The minimum atomic E-state index is -2.53. The fourth-order valence-electron chi connectivity index (χ4n) is 4.54. The smallest absolute Gasteiger partial charge is 0.219 e. The maximum atomic E-state index is 15.8. The number of hydrogen-bond acceptors (Lipinski definition) is 10. The third kappa shape index (κ3) is 5.84. The first-order valence-electron chi connectivity index (χ1n) is 12.4. The number of anilines is 2. The normalized spacial score (nSPS) is 15.2. The number of nitrogens with two attached hydrogens (primary N) is 1. The minimum Gasteiger partial charge on any atom is -0.760 e. The molecular weight excluding hydrogens is 544 g/mol. The number of nitrogens with zero attached hydrogens (tertiary/aromatic N) is 5. The molecule has 0 aliphatic carbocycles. The molecule has 11 nitrogen and oxygen atoms in total. The van der Waals surface area contributed by atoms with E-state index >= 15 is 4.39 Å². The van der Waals surface area contributed by atoms with Crippen molar-refractivity contribution in [2.45, 2.75) is 12.6 Å². The van der Waals surface area contributed by atoms with Gasteiger partial charge in [-0.2, -0.15) is 0 Å². The van der Waals surface area contributed by atoms with Crippen LogP contribution in [0.1, 0.15) is 18.2 Å². The first kappa shape index (κ1) is 27.7. The number of methoxy groups -OCH3 is 1. The molecular formula is C26H26F2N7O4S-. The van der Waals surface area contributed by atoms with Crippen LogP contribution in [-0.2, 0) is 16.0 Å². The Morgan fingerprint density at radius 3 is 2.65 bits per heavy atom. The van der Waals surface area contributed by atoms with Crippen molar-refractivity contribution in [1.29, 1.82) is 0 Å². The Hall–Kier alpha value is -3.85. The summed E-state index contributed by atoms with van der Waals surface area (Å²) in [7, 11) is 1.46. The average molecular weight is 571 g/mol. The zero-order valence-corrected chi connectivity index (χ0v) is 22.3. The first-order valence-corrected chi connectivity index (χ1v) is 13.5. The predicted octanol–water partition coefficient (Wildman–Crippen LogP) is 3.10. The minimum absolute atomic E-state index is 0.126. The van der Waals surface area contributed by atoms with Crippen LogP contribution in [0.25, 0.3) is 33.4 Å². The van der Waals surface area contributed by atoms with E-state index in [4.69, 9.17) is 25.2 Å². The summed E-state index contributed by atoms with van der Waals surface area (Å²) in [6.07, 6.45) is 1.13. The highest BCUT2D eigenvalue weighted by atomic mass is 32.2. The van der Waals surface area contributed by atoms with Crippen molar-refractivity contribution < 1.29 is 27.0 Å². The Bertz CT molecular complexity index is 1540. The van der Waals surface area contributed by atoms with Crippen molar-refractivity contribution in [1.82, 2.24) is 24.7 Å². The molecule has 0 spiro atoms. The summed E-state index contributed by atoms with van der Waals surface area (Å²) in [5.74, 6) is 0.681. The number of hydrogen-bond donors (Lipinski definition) is 2. The van der Waals surface area contributed by atoms with E-state index in [-0.39, 0.29) is 30.0 Å². The van der Waals surface area contributed by atoms with Crippen molar-refractivity contribution in [3.63, 3.8) is 0 Å². The van der Waals surface area contributed by atoms with Gasteiger partial charge < -0.3 is 24.7 Å². The molecule has 1 saturated heterocycles. The second-order valence-electron chi connectivity index (χ2n) is 8.96. The lowest BCUT2D eigenvalue weighted by Crippen LogP contribution is -2.37. The zero-order valence-electron chi connectivity index (χ0n) is 21.5. The zero-order chi connectivity index (χ0) is 28.2. The van der Waals surface area contributed by atoms with E-state index < -0.39 is 23.3 Å². The summed E-state index contributed by atoms with van der Waals surface area (Å²) < 4.78 is 65.4. The summed E-state index contributed by atoms with van der Waals surface area (Å²) >= 11 is -2.53. The van der Waals surface area contributed by atoms with E-state index in [0.717, 1.165) is 0 Å². The summed E-state index contributed by atoms with van der Waals surface area (Å²) in [5, 5.41) is 0.640. The lowest BCUT2D eigenvalue weighted by Gasteiger charge is -2.29. The quantitative estimate of drug-likeness (QED) is 0.287. The Morgan fingerprint density at radius 2 is 1.95 bits per heavy atom. The number of alkyl halides is 1. The number of fused-ring (bicyclic) bond motifs is 1. The molecule has 210 valence electrons. The van der Waals surface area contributed by atoms with Gasteiger partial charge in [0.05, 0.1) is 31.4 Å². The van der Waals surface area contributed by atoms with Crippen LogP contribution < -0.4 is 20.1 Å². The van der Waals surface area contributed by atoms with E-state index in [1.165, 1.54) is 31.6 Å². The van der Waals surface area contributed by atoms with Gasteiger partial charge in [-0.1, -0.05) is 18.2 Å². The molecule has 0 radical (unpaired) electrons. The largest absolute Gasteiger partial charge is 0.760 e. The number of nitrogen functional groups attached to an aromatic ring is 1. The molecule has 1 aliphatic heterocycles. The van der Waals surface area contributed by atoms with Crippen molar-refractivity contribution >= 4 is 33.9 Å². The summed E-state index contributed by atoms with van der Waals surface area (Å²) in [6.45, 7) is 2.03. The van der Waals surface area contributed by atoms with Crippen LogP contribution in [-0.4, -0.2) is 68.7 Å². The molecule has 0 amide bonds. The number of aromatic nitrogens is 4. The standard InChI is InChI=1S/C26H27F2N7O4S/c1-38-22-12-21-19(11-18(22)16-3-2-4-17(23(16)28)20(27)5-6-32-40(36)37)25(35-7-9-39-10-8-35)34-24(33-21)15-13-30-26(29)31-14-15/h2-4,11-14,20,32H,5-10H2,1H3,(H,36,37)(H2,29,30,31)/p-1. The lowest BCUT2D eigenvalue weighted by molar-refractivity contribution is 0.122. The predicted molar refractivity (Wildman–Crippen MR) is 145 cm³/mol. The lowest BCUT2D eigenvalue weighted by atomic mass is 9.96. The molecule has 3 N–H and O–H groups in total. The second kappa shape index (κ2) is 12.1. The number of halogens is 2. The number of rotatable bonds is 9. The molecule has 14 heteroatoms. The monoisotopic (exact) mass is 570 g/mol. The average Bonchev–Trinajstić information content (AvgIpc) is 2.96. The fourth-order valence-corrected chi connectivity index (χ4v) is 4.83. The molecule has 2 unspecified atom stereocenters. The van der Waals surface area contributed by atoms with Crippen LogP contribution in [0.3, 0.4) is 0 Å². The van der Waals surface area contributed by atoms with Crippen molar-refractivity contribution in [3.05, 3.63) is 54.1 Å². The molecule has 40 heavy (non-hydrogen) atoms. The molecule has 1 aliphatic rings. The van der Waals surface area contributed by atoms with E-state index in [0.29, 0.717) is 65.7 Å². The van der Waals surface area contributed by atoms with Gasteiger partial charge >= 0.3 is 0 Å². The van der Waals surface area contributed by atoms with Crippen LogP contribution in [0.4, 0.5) is 20.5 Å². The molecule has 2 aromatic carbocycles. The van der Waals surface area contributed by atoms with Crippen molar-refractivity contribution in [3.8, 4) is 28.3 Å². The van der Waals surface area contributed by atoms with Crippen LogP contribution in [0.15, 0.2) is 42.7 Å². The Kier molecular flexibility index (Phi) is 8.40. The van der Waals surface area contributed by atoms with Crippen molar-refractivity contribution in [2.75, 3.05) is 50.6 Å². The number of morpholine rings is 1. The first-order chi connectivity index (χ1) is 19.4. The third-order valence-electron chi connectivity index (χ3n) is 6.51. The maximum Gasteiger partial charge on any atom is 0.219 e. The number of benzene rings is 2. The SMILES string of the molecule is COc1cc2nc(-c3cnc(N)nc3)nc(N3CCOCC3)c2cc1-c1cccc(C(F)CCNS(=O)[O-])c1F. The third-order valence-corrected chi connectivity index (χ3v) is 6.95. The van der Waals surface area contributed by atoms with Gasteiger partial charge in [-0.3, -0.25) is 4.21 Å². The van der Waals surface area contributed by atoms with Gasteiger partial charge in [-0.25, -0.2) is 33.4 Å².